The van der Waals surface area contributed by atoms with Gasteiger partial charge in [-0.3, -0.25) is 9.48 Å². The predicted octanol–water partition coefficient (Wildman–Crippen LogP) is 3.78. The second kappa shape index (κ2) is 6.32. The lowest BCUT2D eigenvalue weighted by Crippen LogP contribution is -2.12. The zero-order chi connectivity index (χ0) is 16.3. The molecular weight excluding hydrogens is 296 g/mol. The first kappa shape index (κ1) is 16.2. The quantitative estimate of drug-likeness (QED) is 0.933. The Kier molecular flexibility index (Phi) is 4.67. The number of nitrogens with zero attached hydrogens (tertiary/aromatic N) is 3. The van der Waals surface area contributed by atoms with Gasteiger partial charge in [-0.15, -0.1) is 11.3 Å². The Labute approximate surface area is 134 Å². The predicted molar refractivity (Wildman–Crippen MR) is 88.2 cm³/mol. The number of carbonyl (C=O) groups excluding carboxylic acids is 1. The number of amides is 1. The highest BCUT2D eigenvalue weighted by molar-refractivity contribution is 7.13. The molecule has 5 nitrogen and oxygen atoms in total. The number of thiophene rings is 1. The molecule has 6 heteroatoms. The summed E-state index contributed by atoms with van der Waals surface area (Å²) in [5.41, 5.74) is 1.03. The van der Waals surface area contributed by atoms with Crippen LogP contribution < -0.4 is 5.32 Å². The van der Waals surface area contributed by atoms with Crippen LogP contribution in [0.15, 0.2) is 18.5 Å². The molecule has 22 heavy (non-hydrogen) atoms. The van der Waals surface area contributed by atoms with Crippen molar-refractivity contribution in [1.29, 1.82) is 5.26 Å². The molecule has 0 saturated carbocycles. The van der Waals surface area contributed by atoms with Gasteiger partial charge in [0.15, 0.2) is 0 Å². The lowest BCUT2D eigenvalue weighted by Gasteiger charge is -2.15. The van der Waals surface area contributed by atoms with Gasteiger partial charge in [-0.1, -0.05) is 27.7 Å². The topological polar surface area (TPSA) is 70.7 Å². The van der Waals surface area contributed by atoms with Crippen molar-refractivity contribution in [2.24, 2.45) is 0 Å². The van der Waals surface area contributed by atoms with Crippen LogP contribution in [-0.4, -0.2) is 15.7 Å². The zero-order valence-electron chi connectivity index (χ0n) is 13.3. The summed E-state index contributed by atoms with van der Waals surface area (Å²) in [6.45, 7) is 9.09. The number of hydrogen-bond acceptors (Lipinski definition) is 4. The van der Waals surface area contributed by atoms with Gasteiger partial charge in [0.1, 0.15) is 10.9 Å². The second-order valence-corrected chi connectivity index (χ2v) is 7.21. The van der Waals surface area contributed by atoms with Crippen LogP contribution in [0.4, 0.5) is 5.69 Å². The number of nitrogens with one attached hydrogen (secondary N) is 1. The Bertz CT molecular complexity index is 715. The molecule has 116 valence electrons. The van der Waals surface area contributed by atoms with Gasteiger partial charge in [0.2, 0.25) is 0 Å². The van der Waals surface area contributed by atoms with Crippen molar-refractivity contribution in [2.45, 2.75) is 46.1 Å². The van der Waals surface area contributed by atoms with Gasteiger partial charge in [-0.05, 0) is 17.9 Å². The summed E-state index contributed by atoms with van der Waals surface area (Å²) >= 11 is 1.42. The summed E-state index contributed by atoms with van der Waals surface area (Å²) in [7, 11) is 0. The van der Waals surface area contributed by atoms with E-state index in [9.17, 15) is 10.1 Å². The number of hydrogen-bond donors (Lipinski definition) is 1. The van der Waals surface area contributed by atoms with Crippen LogP contribution in [0.3, 0.4) is 0 Å². The van der Waals surface area contributed by atoms with Crippen LogP contribution >= 0.6 is 11.3 Å². The van der Waals surface area contributed by atoms with Crippen molar-refractivity contribution in [3.05, 3.63) is 33.8 Å². The maximum Gasteiger partial charge on any atom is 0.258 e. The Morgan fingerprint density at radius 1 is 1.50 bits per heavy atom. The molecule has 1 N–H and O–H groups in total. The minimum Gasteiger partial charge on any atom is -0.320 e. The minimum atomic E-state index is -0.239. The van der Waals surface area contributed by atoms with E-state index in [0.29, 0.717) is 16.1 Å². The van der Waals surface area contributed by atoms with Gasteiger partial charge in [0.25, 0.3) is 5.91 Å². The summed E-state index contributed by atoms with van der Waals surface area (Å²) < 4.78 is 1.74. The van der Waals surface area contributed by atoms with E-state index in [-0.39, 0.29) is 11.3 Å². The maximum absolute atomic E-state index is 12.3. The van der Waals surface area contributed by atoms with E-state index in [1.807, 2.05) is 6.07 Å². The minimum absolute atomic E-state index is 0.0503. The first-order valence-corrected chi connectivity index (χ1v) is 8.05. The standard InChI is InChI=1S/C16H20N4OS/c1-5-6-20-10-11(9-18-20)15(21)19-12-7-14(16(2,3)4)22-13(12)8-17/h7,9-10H,5-6H2,1-4H3,(H,19,21). The van der Waals surface area contributed by atoms with Crippen molar-refractivity contribution in [3.8, 4) is 6.07 Å². The third kappa shape index (κ3) is 3.55. The van der Waals surface area contributed by atoms with Crippen LogP contribution in [-0.2, 0) is 12.0 Å². The molecule has 0 spiro atoms. The summed E-state index contributed by atoms with van der Waals surface area (Å²) in [6.07, 6.45) is 4.23. The van der Waals surface area contributed by atoms with E-state index >= 15 is 0 Å². The largest absolute Gasteiger partial charge is 0.320 e. The molecule has 1 amide bonds. The number of aryl methyl sites for hydroxylation is 1. The smallest absolute Gasteiger partial charge is 0.258 e. The fraction of sp³-hybridized carbons (Fsp3) is 0.438. The molecular formula is C16H20N4OS. The molecule has 0 aliphatic rings. The van der Waals surface area contributed by atoms with E-state index in [1.54, 1.807) is 17.1 Å². The Morgan fingerprint density at radius 3 is 2.82 bits per heavy atom. The molecule has 2 heterocycles. The van der Waals surface area contributed by atoms with E-state index in [4.69, 9.17) is 0 Å². The van der Waals surface area contributed by atoms with E-state index in [0.717, 1.165) is 17.8 Å². The van der Waals surface area contributed by atoms with Gasteiger partial charge >= 0.3 is 0 Å². The Morgan fingerprint density at radius 2 is 2.23 bits per heavy atom. The second-order valence-electron chi connectivity index (χ2n) is 6.16. The third-order valence-electron chi connectivity index (χ3n) is 3.17. The molecule has 0 atom stereocenters. The summed E-state index contributed by atoms with van der Waals surface area (Å²) in [6, 6.07) is 4.04. The first-order valence-electron chi connectivity index (χ1n) is 7.23. The Hall–Kier alpha value is -2.13. The molecule has 0 aromatic carbocycles. The molecule has 0 aliphatic heterocycles. The molecule has 0 saturated heterocycles. The highest BCUT2D eigenvalue weighted by atomic mass is 32.1. The maximum atomic E-state index is 12.3. The van der Waals surface area contributed by atoms with Crippen molar-refractivity contribution < 1.29 is 4.79 Å². The van der Waals surface area contributed by atoms with E-state index in [2.05, 4.69) is 44.2 Å². The fourth-order valence-electron chi connectivity index (χ4n) is 1.96. The number of rotatable bonds is 4. The average molecular weight is 316 g/mol. The zero-order valence-corrected chi connectivity index (χ0v) is 14.1. The highest BCUT2D eigenvalue weighted by Crippen LogP contribution is 2.35. The Balaban J connectivity index is 2.20. The van der Waals surface area contributed by atoms with Crippen LogP contribution in [0, 0.1) is 11.3 Å². The molecule has 0 unspecified atom stereocenters. The van der Waals surface area contributed by atoms with Gasteiger partial charge in [-0.2, -0.15) is 10.4 Å². The van der Waals surface area contributed by atoms with Crippen LogP contribution in [0.1, 0.15) is 54.2 Å². The first-order chi connectivity index (χ1) is 10.3. The lowest BCUT2D eigenvalue weighted by molar-refractivity contribution is 0.102. The van der Waals surface area contributed by atoms with E-state index in [1.165, 1.54) is 11.3 Å². The summed E-state index contributed by atoms with van der Waals surface area (Å²) in [4.78, 5) is 13.9. The van der Waals surface area contributed by atoms with Crippen molar-refractivity contribution in [1.82, 2.24) is 9.78 Å². The van der Waals surface area contributed by atoms with Gasteiger partial charge < -0.3 is 5.32 Å². The van der Waals surface area contributed by atoms with Gasteiger partial charge in [0.05, 0.1) is 17.4 Å². The molecule has 0 radical (unpaired) electrons. The van der Waals surface area contributed by atoms with Crippen molar-refractivity contribution in [2.75, 3.05) is 5.32 Å². The van der Waals surface area contributed by atoms with E-state index < -0.39 is 0 Å². The van der Waals surface area contributed by atoms with Crippen molar-refractivity contribution in [3.63, 3.8) is 0 Å². The number of carbonyl (C=O) groups is 1. The average Bonchev–Trinajstić information content (AvgIpc) is 3.05. The number of nitriles is 1. The van der Waals surface area contributed by atoms with Crippen LogP contribution in [0.2, 0.25) is 0 Å². The normalized spacial score (nSPS) is 11.2. The van der Waals surface area contributed by atoms with Gasteiger partial charge in [-0.25, -0.2) is 0 Å². The monoisotopic (exact) mass is 316 g/mol. The van der Waals surface area contributed by atoms with Crippen LogP contribution in [0.25, 0.3) is 0 Å². The number of anilines is 1. The molecule has 2 aromatic rings. The summed E-state index contributed by atoms with van der Waals surface area (Å²) in [5.74, 6) is -0.239. The van der Waals surface area contributed by atoms with Crippen LogP contribution in [0.5, 0.6) is 0 Å². The molecule has 0 aliphatic carbocycles. The SMILES string of the molecule is CCCn1cc(C(=O)Nc2cc(C(C)(C)C)sc2C#N)cn1. The third-order valence-corrected chi connectivity index (χ3v) is 4.63. The molecule has 0 fully saturated rings. The highest BCUT2D eigenvalue weighted by Gasteiger charge is 2.21. The molecule has 2 aromatic heterocycles. The lowest BCUT2D eigenvalue weighted by atomic mass is 9.94. The van der Waals surface area contributed by atoms with Gasteiger partial charge in [0, 0.05) is 17.6 Å². The summed E-state index contributed by atoms with van der Waals surface area (Å²) in [5, 5.41) is 16.2. The molecule has 2 rings (SSSR count). The van der Waals surface area contributed by atoms with Crippen molar-refractivity contribution >= 4 is 22.9 Å². The molecule has 0 bridgehead atoms. The number of aromatic nitrogens is 2. The fourth-order valence-corrected chi connectivity index (χ4v) is 2.93.